The minimum absolute atomic E-state index is 0.222. The molecule has 0 aliphatic carbocycles. The molecule has 0 fully saturated rings. The largest absolute Gasteiger partial charge is 0.481 e. The van der Waals surface area contributed by atoms with Gasteiger partial charge in [-0.1, -0.05) is 5.16 Å². The Hall–Kier alpha value is -3.16. The van der Waals surface area contributed by atoms with Gasteiger partial charge in [0.25, 0.3) is 5.89 Å². The van der Waals surface area contributed by atoms with Gasteiger partial charge in [-0.15, -0.1) is 5.10 Å². The van der Waals surface area contributed by atoms with Crippen LogP contribution in [0.25, 0.3) is 11.5 Å². The molecule has 3 aromatic rings. The van der Waals surface area contributed by atoms with Crippen LogP contribution in [-0.4, -0.2) is 27.1 Å². The Morgan fingerprint density at radius 3 is 2.96 bits per heavy atom. The molecule has 0 amide bonds. The molecule has 8 heteroatoms. The summed E-state index contributed by atoms with van der Waals surface area (Å²) in [5.41, 5.74) is 0.540. The van der Waals surface area contributed by atoms with E-state index >= 15 is 0 Å². The quantitative estimate of drug-likeness (QED) is 0.725. The van der Waals surface area contributed by atoms with Crippen LogP contribution in [-0.2, 0) is 0 Å². The van der Waals surface area contributed by atoms with Gasteiger partial charge in [0.2, 0.25) is 12.6 Å². The highest BCUT2D eigenvalue weighted by Crippen LogP contribution is 2.36. The van der Waals surface area contributed by atoms with Gasteiger partial charge in [0, 0.05) is 12.3 Å². The van der Waals surface area contributed by atoms with Crippen molar-refractivity contribution in [1.29, 1.82) is 0 Å². The summed E-state index contributed by atoms with van der Waals surface area (Å²) in [4.78, 5) is 4.29. The Labute approximate surface area is 131 Å². The lowest BCUT2D eigenvalue weighted by atomic mass is 10.3. The van der Waals surface area contributed by atoms with E-state index < -0.39 is 6.10 Å². The van der Waals surface area contributed by atoms with Crippen LogP contribution < -0.4 is 14.2 Å². The molecular formula is C15H12N4O4. The van der Waals surface area contributed by atoms with Gasteiger partial charge < -0.3 is 18.7 Å². The fourth-order valence-corrected chi connectivity index (χ4v) is 2.13. The van der Waals surface area contributed by atoms with E-state index in [-0.39, 0.29) is 6.79 Å². The highest BCUT2D eigenvalue weighted by atomic mass is 16.7. The third-order valence-electron chi connectivity index (χ3n) is 3.25. The molecule has 1 atom stereocenters. The van der Waals surface area contributed by atoms with Crippen LogP contribution >= 0.6 is 0 Å². The van der Waals surface area contributed by atoms with Crippen molar-refractivity contribution in [3.05, 3.63) is 42.4 Å². The summed E-state index contributed by atoms with van der Waals surface area (Å²) in [6.45, 7) is 2.04. The number of rotatable bonds is 4. The van der Waals surface area contributed by atoms with Crippen LogP contribution in [0.3, 0.4) is 0 Å². The molecule has 0 bridgehead atoms. The SMILES string of the molecule is C[C@@H](Oc1ccc2c(c1)OCO2)c1nc(-c2cccnn2)no1. The zero-order chi connectivity index (χ0) is 15.6. The van der Waals surface area contributed by atoms with Crippen molar-refractivity contribution < 1.29 is 18.7 Å². The van der Waals surface area contributed by atoms with E-state index in [0.717, 1.165) is 0 Å². The van der Waals surface area contributed by atoms with Crippen LogP contribution in [0.2, 0.25) is 0 Å². The fraction of sp³-hybridized carbons (Fsp3) is 0.200. The average Bonchev–Trinajstić information content (AvgIpc) is 3.24. The Balaban J connectivity index is 1.51. The van der Waals surface area contributed by atoms with Crippen molar-refractivity contribution in [2.75, 3.05) is 6.79 Å². The van der Waals surface area contributed by atoms with Crippen molar-refractivity contribution >= 4 is 0 Å². The second kappa shape index (κ2) is 5.56. The van der Waals surface area contributed by atoms with Crippen molar-refractivity contribution in [3.63, 3.8) is 0 Å². The monoisotopic (exact) mass is 312 g/mol. The van der Waals surface area contributed by atoms with E-state index in [4.69, 9.17) is 18.7 Å². The van der Waals surface area contributed by atoms with Crippen LogP contribution in [0, 0.1) is 0 Å². The molecule has 0 N–H and O–H groups in total. The maximum atomic E-state index is 5.81. The number of benzene rings is 1. The summed E-state index contributed by atoms with van der Waals surface area (Å²) in [5, 5.41) is 11.6. The van der Waals surface area contributed by atoms with Gasteiger partial charge in [0.1, 0.15) is 11.4 Å². The normalized spacial score (nSPS) is 13.8. The Morgan fingerprint density at radius 2 is 2.09 bits per heavy atom. The van der Waals surface area contributed by atoms with Crippen molar-refractivity contribution in [3.8, 4) is 28.8 Å². The molecule has 0 radical (unpaired) electrons. The second-order valence-electron chi connectivity index (χ2n) is 4.84. The minimum atomic E-state index is -0.423. The van der Waals surface area contributed by atoms with Crippen LogP contribution in [0.5, 0.6) is 17.2 Å². The highest BCUT2D eigenvalue weighted by molar-refractivity contribution is 5.47. The maximum Gasteiger partial charge on any atom is 0.267 e. The van der Waals surface area contributed by atoms with Crippen LogP contribution in [0.15, 0.2) is 41.1 Å². The molecule has 1 aromatic carbocycles. The summed E-state index contributed by atoms with van der Waals surface area (Å²) in [7, 11) is 0. The van der Waals surface area contributed by atoms with Crippen molar-refractivity contribution in [1.82, 2.24) is 20.3 Å². The van der Waals surface area contributed by atoms with Gasteiger partial charge in [-0.05, 0) is 31.2 Å². The molecule has 1 aliphatic heterocycles. The van der Waals surface area contributed by atoms with Gasteiger partial charge in [-0.25, -0.2) is 0 Å². The topological polar surface area (TPSA) is 92.4 Å². The molecular weight excluding hydrogens is 300 g/mol. The summed E-state index contributed by atoms with van der Waals surface area (Å²) in [6, 6.07) is 8.86. The number of fused-ring (bicyclic) bond motifs is 1. The third kappa shape index (κ3) is 2.66. The minimum Gasteiger partial charge on any atom is -0.481 e. The molecule has 0 saturated carbocycles. The molecule has 0 spiro atoms. The third-order valence-corrected chi connectivity index (χ3v) is 3.25. The first-order valence-electron chi connectivity index (χ1n) is 6.97. The van der Waals surface area contributed by atoms with E-state index in [9.17, 15) is 0 Å². The van der Waals surface area contributed by atoms with E-state index in [2.05, 4.69) is 20.3 Å². The van der Waals surface area contributed by atoms with Gasteiger partial charge in [0.15, 0.2) is 17.6 Å². The number of hydrogen-bond donors (Lipinski definition) is 0. The summed E-state index contributed by atoms with van der Waals surface area (Å²) >= 11 is 0. The first-order valence-corrected chi connectivity index (χ1v) is 6.97. The van der Waals surface area contributed by atoms with Gasteiger partial charge in [0.05, 0.1) is 0 Å². The van der Waals surface area contributed by atoms with Gasteiger partial charge in [-0.2, -0.15) is 10.1 Å². The Morgan fingerprint density at radius 1 is 1.17 bits per heavy atom. The van der Waals surface area contributed by atoms with Crippen molar-refractivity contribution in [2.45, 2.75) is 13.0 Å². The smallest absolute Gasteiger partial charge is 0.267 e. The van der Waals surface area contributed by atoms with E-state index in [1.165, 1.54) is 0 Å². The van der Waals surface area contributed by atoms with Crippen LogP contribution in [0.1, 0.15) is 18.9 Å². The molecule has 0 saturated heterocycles. The highest BCUT2D eigenvalue weighted by Gasteiger charge is 2.19. The van der Waals surface area contributed by atoms with Crippen LogP contribution in [0.4, 0.5) is 0 Å². The summed E-state index contributed by atoms with van der Waals surface area (Å²) < 4.78 is 21.6. The summed E-state index contributed by atoms with van der Waals surface area (Å²) in [6.07, 6.45) is 1.16. The lowest BCUT2D eigenvalue weighted by molar-refractivity contribution is 0.170. The number of nitrogens with zero attached hydrogens (tertiary/aromatic N) is 4. The second-order valence-corrected chi connectivity index (χ2v) is 4.84. The Bertz CT molecular complexity index is 821. The molecule has 4 rings (SSSR count). The fourth-order valence-electron chi connectivity index (χ4n) is 2.13. The number of aromatic nitrogens is 4. The average molecular weight is 312 g/mol. The molecule has 1 aliphatic rings. The van der Waals surface area contributed by atoms with Gasteiger partial charge >= 0.3 is 0 Å². The zero-order valence-electron chi connectivity index (χ0n) is 12.2. The van der Waals surface area contributed by atoms with E-state index in [1.54, 1.807) is 36.5 Å². The van der Waals surface area contributed by atoms with E-state index in [1.807, 2.05) is 6.92 Å². The van der Waals surface area contributed by atoms with Gasteiger partial charge in [-0.3, -0.25) is 0 Å². The number of hydrogen-bond acceptors (Lipinski definition) is 8. The molecule has 116 valence electrons. The first-order chi connectivity index (χ1) is 11.3. The molecule has 3 heterocycles. The lowest BCUT2D eigenvalue weighted by Gasteiger charge is -2.10. The first kappa shape index (κ1) is 13.5. The maximum absolute atomic E-state index is 5.81. The molecule has 8 nitrogen and oxygen atoms in total. The Kier molecular flexibility index (Phi) is 3.26. The number of ether oxygens (including phenoxy) is 3. The van der Waals surface area contributed by atoms with Crippen molar-refractivity contribution in [2.24, 2.45) is 0 Å². The van der Waals surface area contributed by atoms with E-state index in [0.29, 0.717) is 34.7 Å². The lowest BCUT2D eigenvalue weighted by Crippen LogP contribution is -2.03. The zero-order valence-corrected chi connectivity index (χ0v) is 12.2. The summed E-state index contributed by atoms with van der Waals surface area (Å²) in [5.74, 6) is 2.70. The molecule has 23 heavy (non-hydrogen) atoms. The molecule has 0 unspecified atom stereocenters. The predicted octanol–water partition coefficient (Wildman–Crippen LogP) is 2.40. The standard InChI is InChI=1S/C15H12N4O4/c1-9(22-10-4-5-12-13(7-10)21-8-20-12)15-17-14(19-23-15)11-3-2-6-16-18-11/h2-7,9H,8H2,1H3/t9-/m1/s1. The predicted molar refractivity (Wildman–Crippen MR) is 76.9 cm³/mol. The molecule has 2 aromatic heterocycles.